The Morgan fingerprint density at radius 1 is 1.14 bits per heavy atom. The maximum absolute atomic E-state index is 12.6. The van der Waals surface area contributed by atoms with E-state index >= 15 is 0 Å². The zero-order valence-electron chi connectivity index (χ0n) is 15.2. The lowest BCUT2D eigenvalue weighted by molar-refractivity contribution is -0.131. The Kier molecular flexibility index (Phi) is 5.14. The Balaban J connectivity index is 1.36. The lowest BCUT2D eigenvalue weighted by atomic mass is 10.1. The highest BCUT2D eigenvalue weighted by molar-refractivity contribution is 5.95. The third-order valence-electron chi connectivity index (χ3n) is 4.58. The minimum absolute atomic E-state index is 0.0802. The van der Waals surface area contributed by atoms with Crippen LogP contribution in [-0.2, 0) is 11.3 Å². The van der Waals surface area contributed by atoms with E-state index in [2.05, 4.69) is 15.5 Å². The molecule has 142 valence electrons. The van der Waals surface area contributed by atoms with Crippen LogP contribution in [0.1, 0.15) is 28.9 Å². The van der Waals surface area contributed by atoms with Crippen molar-refractivity contribution in [3.8, 4) is 11.3 Å². The molecule has 1 N–H and O–H groups in total. The van der Waals surface area contributed by atoms with E-state index in [9.17, 15) is 9.59 Å². The van der Waals surface area contributed by atoms with Gasteiger partial charge in [0.15, 0.2) is 11.5 Å². The van der Waals surface area contributed by atoms with Crippen LogP contribution in [-0.4, -0.2) is 39.4 Å². The summed E-state index contributed by atoms with van der Waals surface area (Å²) in [6.07, 6.45) is 5.43. The standard InChI is InChI=1S/C21H20N4O3/c26-20(25(17-8-9-17)14-15-5-4-10-22-12-15)13-23-21(27)18-11-19(28-24-18)16-6-2-1-3-7-16/h1-7,10-12,17H,8-9,13-14H2,(H,23,27). The van der Waals surface area contributed by atoms with Crippen molar-refractivity contribution in [2.24, 2.45) is 0 Å². The first-order valence-electron chi connectivity index (χ1n) is 9.19. The summed E-state index contributed by atoms with van der Waals surface area (Å²) >= 11 is 0. The fourth-order valence-electron chi connectivity index (χ4n) is 2.96. The molecule has 2 heterocycles. The number of nitrogens with one attached hydrogen (secondary N) is 1. The molecule has 2 aromatic heterocycles. The van der Waals surface area contributed by atoms with E-state index in [-0.39, 0.29) is 24.2 Å². The zero-order chi connectivity index (χ0) is 19.3. The van der Waals surface area contributed by atoms with Crippen LogP contribution in [0.5, 0.6) is 0 Å². The van der Waals surface area contributed by atoms with Crippen molar-refractivity contribution in [3.05, 3.63) is 72.2 Å². The number of rotatable bonds is 7. The van der Waals surface area contributed by atoms with Crippen molar-refractivity contribution in [2.45, 2.75) is 25.4 Å². The van der Waals surface area contributed by atoms with Gasteiger partial charge in [0.1, 0.15) is 0 Å². The van der Waals surface area contributed by atoms with Crippen molar-refractivity contribution < 1.29 is 14.1 Å². The summed E-state index contributed by atoms with van der Waals surface area (Å²) in [5.74, 6) is -0.0452. The zero-order valence-corrected chi connectivity index (χ0v) is 15.2. The first-order chi connectivity index (χ1) is 13.7. The average molecular weight is 376 g/mol. The van der Waals surface area contributed by atoms with Crippen LogP contribution in [0, 0.1) is 0 Å². The van der Waals surface area contributed by atoms with Gasteiger partial charge in [-0.05, 0) is 24.5 Å². The molecule has 1 aliphatic rings. The minimum atomic E-state index is -0.434. The number of hydrogen-bond acceptors (Lipinski definition) is 5. The maximum Gasteiger partial charge on any atom is 0.273 e. The molecule has 1 aromatic carbocycles. The number of aromatic nitrogens is 2. The van der Waals surface area contributed by atoms with Crippen LogP contribution in [0.2, 0.25) is 0 Å². The van der Waals surface area contributed by atoms with Gasteiger partial charge in [0, 0.05) is 36.6 Å². The Bertz CT molecular complexity index is 952. The van der Waals surface area contributed by atoms with E-state index < -0.39 is 5.91 Å². The van der Waals surface area contributed by atoms with E-state index in [0.29, 0.717) is 12.3 Å². The van der Waals surface area contributed by atoms with Crippen molar-refractivity contribution in [3.63, 3.8) is 0 Å². The van der Waals surface area contributed by atoms with Gasteiger partial charge in [0.2, 0.25) is 5.91 Å². The number of hydrogen-bond donors (Lipinski definition) is 1. The van der Waals surface area contributed by atoms with Crippen LogP contribution >= 0.6 is 0 Å². The largest absolute Gasteiger partial charge is 0.355 e. The molecule has 1 fully saturated rings. The molecule has 4 rings (SSSR count). The van der Waals surface area contributed by atoms with Gasteiger partial charge in [-0.15, -0.1) is 0 Å². The summed E-state index contributed by atoms with van der Waals surface area (Å²) in [4.78, 5) is 30.9. The Morgan fingerprint density at radius 3 is 2.68 bits per heavy atom. The van der Waals surface area contributed by atoms with Crippen molar-refractivity contribution >= 4 is 11.8 Å². The molecule has 0 radical (unpaired) electrons. The highest BCUT2D eigenvalue weighted by Gasteiger charge is 2.32. The van der Waals surface area contributed by atoms with Crippen LogP contribution in [0.15, 0.2) is 65.4 Å². The van der Waals surface area contributed by atoms with Crippen molar-refractivity contribution in [1.29, 1.82) is 0 Å². The molecule has 0 bridgehead atoms. The molecule has 0 aliphatic heterocycles. The van der Waals surface area contributed by atoms with Crippen LogP contribution in [0.25, 0.3) is 11.3 Å². The van der Waals surface area contributed by atoms with E-state index in [1.54, 1.807) is 23.4 Å². The highest BCUT2D eigenvalue weighted by atomic mass is 16.5. The van der Waals surface area contributed by atoms with Crippen LogP contribution in [0.4, 0.5) is 0 Å². The second-order valence-corrected chi connectivity index (χ2v) is 6.74. The second kappa shape index (κ2) is 8.04. The molecule has 28 heavy (non-hydrogen) atoms. The van der Waals surface area contributed by atoms with Gasteiger partial charge in [-0.25, -0.2) is 0 Å². The van der Waals surface area contributed by atoms with Crippen molar-refractivity contribution in [1.82, 2.24) is 20.4 Å². The highest BCUT2D eigenvalue weighted by Crippen LogP contribution is 2.28. The molecule has 2 amide bonds. The summed E-state index contributed by atoms with van der Waals surface area (Å²) in [5, 5.41) is 6.45. The maximum atomic E-state index is 12.6. The number of carbonyl (C=O) groups excluding carboxylic acids is 2. The molecule has 0 spiro atoms. The number of carbonyl (C=O) groups is 2. The summed E-state index contributed by atoms with van der Waals surface area (Å²) in [5.41, 5.74) is 1.96. The van der Waals surface area contributed by atoms with Gasteiger partial charge < -0.3 is 14.7 Å². The van der Waals surface area contributed by atoms with Gasteiger partial charge >= 0.3 is 0 Å². The second-order valence-electron chi connectivity index (χ2n) is 6.74. The number of benzene rings is 1. The lowest BCUT2D eigenvalue weighted by Gasteiger charge is -2.22. The van der Waals surface area contributed by atoms with E-state index in [1.165, 1.54) is 0 Å². The predicted octanol–water partition coefficient (Wildman–Crippen LogP) is 2.66. The topological polar surface area (TPSA) is 88.3 Å². The molecule has 1 saturated carbocycles. The smallest absolute Gasteiger partial charge is 0.273 e. The van der Waals surface area contributed by atoms with Gasteiger partial charge in [-0.1, -0.05) is 41.6 Å². The minimum Gasteiger partial charge on any atom is -0.355 e. The third kappa shape index (κ3) is 4.25. The molecule has 0 saturated heterocycles. The predicted molar refractivity (Wildman–Crippen MR) is 102 cm³/mol. The Labute approximate surface area is 162 Å². The van der Waals surface area contributed by atoms with Crippen LogP contribution < -0.4 is 5.32 Å². The molecule has 0 unspecified atom stereocenters. The molecule has 0 atom stereocenters. The average Bonchev–Trinajstić information content (AvgIpc) is 3.46. The fraction of sp³-hybridized carbons (Fsp3) is 0.238. The number of nitrogens with zero attached hydrogens (tertiary/aromatic N) is 3. The summed E-state index contributed by atoms with van der Waals surface area (Å²) in [7, 11) is 0. The Hall–Kier alpha value is -3.48. The summed E-state index contributed by atoms with van der Waals surface area (Å²) in [6.45, 7) is 0.415. The molecular formula is C21H20N4O3. The molecule has 7 heteroatoms. The van der Waals surface area contributed by atoms with Gasteiger partial charge in [-0.2, -0.15) is 0 Å². The first-order valence-corrected chi connectivity index (χ1v) is 9.19. The lowest BCUT2D eigenvalue weighted by Crippen LogP contribution is -2.41. The molecule has 3 aromatic rings. The molecule has 1 aliphatic carbocycles. The number of amides is 2. The van der Waals surface area contributed by atoms with E-state index in [0.717, 1.165) is 24.0 Å². The van der Waals surface area contributed by atoms with E-state index in [1.807, 2.05) is 42.5 Å². The number of pyridine rings is 1. The van der Waals surface area contributed by atoms with Gasteiger partial charge in [0.25, 0.3) is 5.91 Å². The fourth-order valence-corrected chi connectivity index (χ4v) is 2.96. The van der Waals surface area contributed by atoms with Crippen LogP contribution in [0.3, 0.4) is 0 Å². The Morgan fingerprint density at radius 2 is 1.96 bits per heavy atom. The first kappa shape index (κ1) is 17.9. The normalized spacial score (nSPS) is 13.1. The quantitative estimate of drug-likeness (QED) is 0.685. The monoisotopic (exact) mass is 376 g/mol. The molecule has 7 nitrogen and oxygen atoms in total. The van der Waals surface area contributed by atoms with Crippen molar-refractivity contribution in [2.75, 3.05) is 6.54 Å². The third-order valence-corrected chi connectivity index (χ3v) is 4.58. The van der Waals surface area contributed by atoms with E-state index in [4.69, 9.17) is 4.52 Å². The molecular weight excluding hydrogens is 356 g/mol. The SMILES string of the molecule is O=C(NCC(=O)N(Cc1cccnc1)C1CC1)c1cc(-c2ccccc2)on1. The van der Waals surface area contributed by atoms with Gasteiger partial charge in [-0.3, -0.25) is 14.6 Å². The summed E-state index contributed by atoms with van der Waals surface area (Å²) in [6, 6.07) is 15.0. The van der Waals surface area contributed by atoms with Gasteiger partial charge in [0.05, 0.1) is 6.54 Å². The summed E-state index contributed by atoms with van der Waals surface area (Å²) < 4.78 is 5.24.